The summed E-state index contributed by atoms with van der Waals surface area (Å²) in [5, 5.41) is 23.9. The van der Waals surface area contributed by atoms with Crippen molar-refractivity contribution >= 4 is 49.5 Å². The minimum atomic E-state index is -0.00680. The van der Waals surface area contributed by atoms with Crippen molar-refractivity contribution in [2.75, 3.05) is 0 Å². The highest BCUT2D eigenvalue weighted by atomic mass is 16.3. The van der Waals surface area contributed by atoms with E-state index in [1.807, 2.05) is 18.2 Å². The first-order chi connectivity index (χ1) is 24.6. The Labute approximate surface area is 290 Å². The Morgan fingerprint density at radius 1 is 0.740 bits per heavy atom. The molecule has 5 heteroatoms. The first kappa shape index (κ1) is 28.9. The highest BCUT2D eigenvalue weighted by Gasteiger charge is 2.44. The molecule has 0 saturated carbocycles. The number of nitrogens with zero attached hydrogens (tertiary/aromatic N) is 3. The summed E-state index contributed by atoms with van der Waals surface area (Å²) in [5.41, 5.74) is 12.2. The van der Waals surface area contributed by atoms with Crippen molar-refractivity contribution < 1.29 is 8.83 Å². The van der Waals surface area contributed by atoms with Gasteiger partial charge in [-0.3, -0.25) is 0 Å². The Morgan fingerprint density at radius 3 is 2.26 bits per heavy atom. The molecule has 4 atom stereocenters. The van der Waals surface area contributed by atoms with E-state index in [-0.39, 0.29) is 17.9 Å². The summed E-state index contributed by atoms with van der Waals surface area (Å²) in [6, 6.07) is 22.2. The van der Waals surface area contributed by atoms with E-state index in [1.54, 1.807) is 0 Å². The molecule has 4 aliphatic carbocycles. The van der Waals surface area contributed by atoms with Crippen molar-refractivity contribution in [3.05, 3.63) is 149 Å². The Hall–Kier alpha value is -6.04. The maximum absolute atomic E-state index is 10.5. The lowest BCUT2D eigenvalue weighted by atomic mass is 9.78. The first-order valence-corrected chi connectivity index (χ1v) is 17.6. The summed E-state index contributed by atoms with van der Waals surface area (Å²) in [6.07, 6.45) is 25.5. The van der Waals surface area contributed by atoms with Gasteiger partial charge in [0.2, 0.25) is 0 Å². The molecule has 0 amide bonds. The van der Waals surface area contributed by atoms with Crippen LogP contribution in [0.25, 0.3) is 49.5 Å². The maximum Gasteiger partial charge on any atom is 0.136 e. The zero-order valence-corrected chi connectivity index (χ0v) is 27.7. The van der Waals surface area contributed by atoms with Crippen LogP contribution < -0.4 is 0 Å². The van der Waals surface area contributed by atoms with Gasteiger partial charge in [-0.15, -0.1) is 0 Å². The van der Waals surface area contributed by atoms with E-state index in [4.69, 9.17) is 8.83 Å². The number of furan rings is 2. The molecule has 5 nitrogen and oxygen atoms in total. The van der Waals surface area contributed by atoms with Crippen LogP contribution in [0, 0.1) is 34.5 Å². The lowest BCUT2D eigenvalue weighted by molar-refractivity contribution is 0.330. The van der Waals surface area contributed by atoms with E-state index in [0.29, 0.717) is 5.92 Å². The van der Waals surface area contributed by atoms with E-state index in [9.17, 15) is 10.5 Å². The summed E-state index contributed by atoms with van der Waals surface area (Å²) >= 11 is 0. The summed E-state index contributed by atoms with van der Waals surface area (Å²) in [5.74, 6) is 0.506. The highest BCUT2D eigenvalue weighted by Crippen LogP contribution is 2.51. The van der Waals surface area contributed by atoms with Gasteiger partial charge >= 0.3 is 0 Å². The Balaban J connectivity index is 1.10. The summed E-state index contributed by atoms with van der Waals surface area (Å²) in [7, 11) is 0. The molecule has 0 N–H and O–H groups in total. The molecule has 0 saturated heterocycles. The highest BCUT2D eigenvalue weighted by molar-refractivity contribution is 6.15. The molecule has 240 valence electrons. The van der Waals surface area contributed by atoms with Gasteiger partial charge in [-0.05, 0) is 109 Å². The molecular weight excluding hydrogens is 615 g/mol. The lowest BCUT2D eigenvalue weighted by Gasteiger charge is -2.40. The van der Waals surface area contributed by atoms with Crippen molar-refractivity contribution in [2.45, 2.75) is 44.6 Å². The van der Waals surface area contributed by atoms with Crippen LogP contribution in [0.1, 0.15) is 49.7 Å². The summed E-state index contributed by atoms with van der Waals surface area (Å²) in [4.78, 5) is 2.48. The summed E-state index contributed by atoms with van der Waals surface area (Å²) < 4.78 is 12.9. The van der Waals surface area contributed by atoms with Gasteiger partial charge in [0, 0.05) is 50.3 Å². The van der Waals surface area contributed by atoms with Gasteiger partial charge in [0.25, 0.3) is 0 Å². The quantitative estimate of drug-likeness (QED) is 0.195. The van der Waals surface area contributed by atoms with E-state index in [1.165, 1.54) is 22.4 Å². The normalized spacial score (nSPS) is 24.3. The predicted molar refractivity (Wildman–Crippen MR) is 198 cm³/mol. The van der Waals surface area contributed by atoms with E-state index in [0.717, 1.165) is 92.0 Å². The van der Waals surface area contributed by atoms with Crippen LogP contribution in [-0.2, 0) is 0 Å². The average Bonchev–Trinajstić information content (AvgIpc) is 3.82. The second-order valence-corrected chi connectivity index (χ2v) is 14.1. The minimum Gasteiger partial charge on any atom is -0.456 e. The van der Waals surface area contributed by atoms with E-state index in [2.05, 4.69) is 115 Å². The molecule has 5 aliphatic rings. The molecule has 3 aromatic carbocycles. The van der Waals surface area contributed by atoms with E-state index < -0.39 is 0 Å². The smallest absolute Gasteiger partial charge is 0.136 e. The van der Waals surface area contributed by atoms with Gasteiger partial charge in [0.05, 0.1) is 17.7 Å². The van der Waals surface area contributed by atoms with Crippen LogP contribution in [0.15, 0.2) is 146 Å². The predicted octanol–water partition coefficient (Wildman–Crippen LogP) is 11.2. The topological polar surface area (TPSA) is 77.1 Å². The minimum absolute atomic E-state index is 0.00680. The fourth-order valence-electron chi connectivity index (χ4n) is 8.98. The number of allylic oxidation sites excluding steroid dienone is 12. The zero-order valence-electron chi connectivity index (χ0n) is 27.7. The first-order valence-electron chi connectivity index (χ1n) is 17.6. The molecule has 3 heterocycles. The molecule has 2 aromatic heterocycles. The Bertz CT molecular complexity index is 2670. The SMILES string of the molecule is CC1C=CC(C#N)=C(N2C3=C(CCC=C3)C3C=CC=CC32)C1c1ccc2oc3cc4c(cc3c2c1)oc1ccc(C2=CC=C(C#N)CC2)cc14. The van der Waals surface area contributed by atoms with Crippen molar-refractivity contribution in [1.29, 1.82) is 10.5 Å². The second kappa shape index (κ2) is 11.0. The van der Waals surface area contributed by atoms with Gasteiger partial charge in [0.1, 0.15) is 28.4 Å². The van der Waals surface area contributed by atoms with Gasteiger partial charge < -0.3 is 13.7 Å². The summed E-state index contributed by atoms with van der Waals surface area (Å²) in [6.45, 7) is 2.26. The van der Waals surface area contributed by atoms with Crippen LogP contribution >= 0.6 is 0 Å². The van der Waals surface area contributed by atoms with Gasteiger partial charge in [-0.2, -0.15) is 10.5 Å². The van der Waals surface area contributed by atoms with Gasteiger partial charge in [-0.1, -0.05) is 61.6 Å². The monoisotopic (exact) mass is 647 g/mol. The van der Waals surface area contributed by atoms with Crippen LogP contribution in [-0.4, -0.2) is 10.9 Å². The molecule has 0 bridgehead atoms. The van der Waals surface area contributed by atoms with Gasteiger partial charge in [0.15, 0.2) is 0 Å². The molecule has 0 fully saturated rings. The molecule has 0 radical (unpaired) electrons. The standard InChI is InChI=1S/C45H33N3O2/c1-26-10-13-31(25-47)45(48-38-8-4-2-6-32(38)33-7-3-5-9-39(33)48)44(26)30-17-19-41-35(21-30)37-23-42-36(22-43(37)50-41)34-20-29(16-18-40(34)49-42)28-14-11-27(24-46)12-15-28/h2,4-6,8-11,13-14,16-23,26,32,38,44H,3,7,12,15H2,1H3. The van der Waals surface area contributed by atoms with Crippen LogP contribution in [0.5, 0.6) is 0 Å². The number of nitriles is 2. The zero-order chi connectivity index (χ0) is 33.5. The number of rotatable bonds is 3. The van der Waals surface area contributed by atoms with Crippen molar-refractivity contribution in [1.82, 2.24) is 4.90 Å². The maximum atomic E-state index is 10.5. The van der Waals surface area contributed by atoms with E-state index >= 15 is 0 Å². The number of hydrogen-bond donors (Lipinski definition) is 0. The van der Waals surface area contributed by atoms with Crippen LogP contribution in [0.4, 0.5) is 0 Å². The lowest BCUT2D eigenvalue weighted by Crippen LogP contribution is -2.37. The largest absolute Gasteiger partial charge is 0.456 e. The Morgan fingerprint density at radius 2 is 1.50 bits per heavy atom. The molecule has 10 rings (SSSR count). The third-order valence-electron chi connectivity index (χ3n) is 11.4. The molecule has 50 heavy (non-hydrogen) atoms. The third-order valence-corrected chi connectivity index (χ3v) is 11.4. The third kappa shape index (κ3) is 4.23. The van der Waals surface area contributed by atoms with Gasteiger partial charge in [-0.25, -0.2) is 0 Å². The fourth-order valence-corrected chi connectivity index (χ4v) is 8.98. The second-order valence-electron chi connectivity index (χ2n) is 14.1. The molecular formula is C45H33N3O2. The number of hydrogen-bond acceptors (Lipinski definition) is 5. The fraction of sp³-hybridized carbons (Fsp3) is 0.200. The number of fused-ring (bicyclic) bond motifs is 8. The van der Waals surface area contributed by atoms with Crippen LogP contribution in [0.2, 0.25) is 0 Å². The number of benzene rings is 3. The van der Waals surface area contributed by atoms with Crippen LogP contribution in [0.3, 0.4) is 0 Å². The van der Waals surface area contributed by atoms with Crippen molar-refractivity contribution in [3.8, 4) is 12.1 Å². The average molecular weight is 648 g/mol. The molecule has 1 aliphatic heterocycles. The van der Waals surface area contributed by atoms with Crippen molar-refractivity contribution in [2.24, 2.45) is 11.8 Å². The molecule has 4 unspecified atom stereocenters. The van der Waals surface area contributed by atoms with Crippen molar-refractivity contribution in [3.63, 3.8) is 0 Å². The Kier molecular flexibility index (Phi) is 6.36. The molecule has 0 spiro atoms. The molecule has 5 aromatic rings.